The number of rotatable bonds is 6. The van der Waals surface area contributed by atoms with Gasteiger partial charge >= 0.3 is 0 Å². The van der Waals surface area contributed by atoms with E-state index in [-0.39, 0.29) is 0 Å². The first kappa shape index (κ1) is 15.7. The van der Waals surface area contributed by atoms with Crippen LogP contribution in [-0.4, -0.2) is 45.0 Å². The van der Waals surface area contributed by atoms with E-state index in [2.05, 4.69) is 26.6 Å². The molecule has 2 aliphatic rings. The number of aliphatic imine (C=N–C) groups is 1. The minimum Gasteiger partial charge on any atom is -0.351 e. The summed E-state index contributed by atoms with van der Waals surface area (Å²) in [6, 6.07) is 0. The van der Waals surface area contributed by atoms with Gasteiger partial charge in [0.05, 0.1) is 6.33 Å². The molecule has 5 heteroatoms. The SMILES string of the molecule is C1=CCC(CN(CCCn2ccnc2)C2=NCCCS2)CC1. The molecular formula is C17H26N4S. The van der Waals surface area contributed by atoms with Gasteiger partial charge < -0.3 is 9.47 Å². The Morgan fingerprint density at radius 3 is 3.09 bits per heavy atom. The second-order valence-electron chi connectivity index (χ2n) is 6.12. The highest BCUT2D eigenvalue weighted by Gasteiger charge is 2.19. The van der Waals surface area contributed by atoms with E-state index < -0.39 is 0 Å². The number of hydrogen-bond acceptors (Lipinski definition) is 4. The smallest absolute Gasteiger partial charge is 0.159 e. The quantitative estimate of drug-likeness (QED) is 0.754. The molecule has 3 rings (SSSR count). The number of aryl methyl sites for hydroxylation is 1. The van der Waals surface area contributed by atoms with E-state index in [0.29, 0.717) is 0 Å². The molecule has 0 saturated heterocycles. The largest absolute Gasteiger partial charge is 0.351 e. The molecule has 1 aromatic heterocycles. The molecule has 1 atom stereocenters. The van der Waals surface area contributed by atoms with Crippen LogP contribution in [0.4, 0.5) is 0 Å². The summed E-state index contributed by atoms with van der Waals surface area (Å²) in [7, 11) is 0. The van der Waals surface area contributed by atoms with E-state index in [1.807, 2.05) is 30.5 Å². The molecule has 4 nitrogen and oxygen atoms in total. The fraction of sp³-hybridized carbons (Fsp3) is 0.647. The van der Waals surface area contributed by atoms with Crippen LogP contribution < -0.4 is 0 Å². The summed E-state index contributed by atoms with van der Waals surface area (Å²) in [5.74, 6) is 2.02. The lowest BCUT2D eigenvalue weighted by Crippen LogP contribution is -2.36. The van der Waals surface area contributed by atoms with Crippen molar-refractivity contribution in [3.8, 4) is 0 Å². The van der Waals surface area contributed by atoms with Crippen molar-refractivity contribution in [2.45, 2.75) is 38.6 Å². The number of nitrogens with zero attached hydrogens (tertiary/aromatic N) is 4. The standard InChI is InChI=1S/C17H26N4S/c1-2-6-16(7-3-1)14-21(17-19-8-4-13-22-17)11-5-10-20-12-9-18-15-20/h1-2,9,12,15-16H,3-8,10-11,13-14H2. The van der Waals surface area contributed by atoms with Crippen LogP contribution in [-0.2, 0) is 6.54 Å². The van der Waals surface area contributed by atoms with Crippen molar-refractivity contribution in [3.63, 3.8) is 0 Å². The first-order valence-corrected chi connectivity index (χ1v) is 9.43. The van der Waals surface area contributed by atoms with E-state index in [9.17, 15) is 0 Å². The lowest BCUT2D eigenvalue weighted by Gasteiger charge is -2.31. The number of thioether (sulfide) groups is 1. The van der Waals surface area contributed by atoms with Crippen LogP contribution >= 0.6 is 11.8 Å². The summed E-state index contributed by atoms with van der Waals surface area (Å²) < 4.78 is 2.16. The first-order valence-electron chi connectivity index (χ1n) is 8.45. The first-order chi connectivity index (χ1) is 10.9. The van der Waals surface area contributed by atoms with Crippen LogP contribution in [0.1, 0.15) is 32.1 Å². The van der Waals surface area contributed by atoms with E-state index in [4.69, 9.17) is 4.99 Å². The van der Waals surface area contributed by atoms with E-state index >= 15 is 0 Å². The normalized spacial score (nSPS) is 21.6. The number of aromatic nitrogens is 2. The Morgan fingerprint density at radius 1 is 1.36 bits per heavy atom. The third-order valence-corrected chi connectivity index (χ3v) is 5.45. The Kier molecular flexibility index (Phi) is 5.99. The molecule has 0 saturated carbocycles. The zero-order chi connectivity index (χ0) is 15.0. The zero-order valence-corrected chi connectivity index (χ0v) is 14.0. The second kappa shape index (κ2) is 8.42. The summed E-state index contributed by atoms with van der Waals surface area (Å²) in [5.41, 5.74) is 0. The highest BCUT2D eigenvalue weighted by molar-refractivity contribution is 8.13. The number of amidine groups is 1. The predicted octanol–water partition coefficient (Wildman–Crippen LogP) is 3.42. The van der Waals surface area contributed by atoms with E-state index in [1.54, 1.807) is 0 Å². The summed E-state index contributed by atoms with van der Waals surface area (Å²) >= 11 is 1.95. The van der Waals surface area contributed by atoms with Gasteiger partial charge in [-0.15, -0.1) is 0 Å². The average Bonchev–Trinajstić information content (AvgIpc) is 3.09. The summed E-state index contributed by atoms with van der Waals surface area (Å²) in [4.78, 5) is 11.4. The maximum absolute atomic E-state index is 4.78. The van der Waals surface area contributed by atoms with Crippen molar-refractivity contribution in [3.05, 3.63) is 30.9 Å². The van der Waals surface area contributed by atoms with E-state index in [0.717, 1.165) is 32.0 Å². The van der Waals surface area contributed by atoms with Crippen molar-refractivity contribution < 1.29 is 0 Å². The highest BCUT2D eigenvalue weighted by Crippen LogP contribution is 2.23. The van der Waals surface area contributed by atoms with Gasteiger partial charge in [0.25, 0.3) is 0 Å². The molecule has 22 heavy (non-hydrogen) atoms. The topological polar surface area (TPSA) is 33.4 Å². The van der Waals surface area contributed by atoms with Gasteiger partial charge in [0.15, 0.2) is 5.17 Å². The molecule has 0 fully saturated rings. The van der Waals surface area contributed by atoms with Crippen LogP contribution in [0.2, 0.25) is 0 Å². The molecule has 1 aliphatic carbocycles. The predicted molar refractivity (Wildman–Crippen MR) is 94.3 cm³/mol. The lowest BCUT2D eigenvalue weighted by molar-refractivity contribution is 0.316. The van der Waals surface area contributed by atoms with Gasteiger partial charge in [-0.3, -0.25) is 4.99 Å². The molecular weight excluding hydrogens is 292 g/mol. The Labute approximate surface area is 137 Å². The second-order valence-corrected chi connectivity index (χ2v) is 7.18. The monoisotopic (exact) mass is 318 g/mol. The molecule has 0 aromatic carbocycles. The minimum atomic E-state index is 0.795. The van der Waals surface area contributed by atoms with Crippen molar-refractivity contribution >= 4 is 16.9 Å². The van der Waals surface area contributed by atoms with Gasteiger partial charge in [0, 0.05) is 44.3 Å². The zero-order valence-electron chi connectivity index (χ0n) is 13.2. The fourth-order valence-corrected chi connectivity index (χ4v) is 4.09. The summed E-state index contributed by atoms with van der Waals surface area (Å²) in [6.45, 7) is 4.31. The average molecular weight is 318 g/mol. The lowest BCUT2D eigenvalue weighted by atomic mass is 9.94. The molecule has 1 unspecified atom stereocenters. The molecule has 1 aromatic rings. The van der Waals surface area contributed by atoms with Gasteiger partial charge in [0.2, 0.25) is 0 Å². The Balaban J connectivity index is 1.55. The Bertz CT molecular complexity index is 495. The Hall–Kier alpha value is -1.23. The third kappa shape index (κ3) is 4.63. The number of allylic oxidation sites excluding steroid dienone is 2. The molecule has 120 valence electrons. The van der Waals surface area contributed by atoms with Crippen molar-refractivity contribution in [2.24, 2.45) is 10.9 Å². The van der Waals surface area contributed by atoms with Crippen LogP contribution in [0.3, 0.4) is 0 Å². The van der Waals surface area contributed by atoms with E-state index in [1.165, 1.54) is 43.1 Å². The van der Waals surface area contributed by atoms with Gasteiger partial charge in [-0.2, -0.15) is 0 Å². The van der Waals surface area contributed by atoms with Gasteiger partial charge in [-0.05, 0) is 38.0 Å². The van der Waals surface area contributed by atoms with Gasteiger partial charge in [0.1, 0.15) is 0 Å². The maximum Gasteiger partial charge on any atom is 0.159 e. The van der Waals surface area contributed by atoms with Crippen molar-refractivity contribution in [1.29, 1.82) is 0 Å². The molecule has 0 spiro atoms. The molecule has 2 heterocycles. The van der Waals surface area contributed by atoms with Crippen LogP contribution in [0.5, 0.6) is 0 Å². The van der Waals surface area contributed by atoms with Crippen molar-refractivity contribution in [1.82, 2.24) is 14.5 Å². The Morgan fingerprint density at radius 2 is 2.36 bits per heavy atom. The minimum absolute atomic E-state index is 0.795. The van der Waals surface area contributed by atoms with Crippen LogP contribution in [0, 0.1) is 5.92 Å². The molecule has 0 bridgehead atoms. The molecule has 0 N–H and O–H groups in total. The molecule has 0 amide bonds. The van der Waals surface area contributed by atoms with Gasteiger partial charge in [-0.25, -0.2) is 4.98 Å². The summed E-state index contributed by atoms with van der Waals surface area (Å²) in [5, 5.41) is 1.28. The highest BCUT2D eigenvalue weighted by atomic mass is 32.2. The summed E-state index contributed by atoms with van der Waals surface area (Å²) in [6.07, 6.45) is 16.7. The maximum atomic E-state index is 4.78. The third-order valence-electron chi connectivity index (χ3n) is 4.31. The van der Waals surface area contributed by atoms with Crippen molar-refractivity contribution in [2.75, 3.05) is 25.4 Å². The molecule has 1 aliphatic heterocycles. The molecule has 0 radical (unpaired) electrons. The van der Waals surface area contributed by atoms with Gasteiger partial charge in [-0.1, -0.05) is 23.9 Å². The van der Waals surface area contributed by atoms with Crippen LogP contribution in [0.15, 0.2) is 35.9 Å². The number of imidazole rings is 1. The fourth-order valence-electron chi connectivity index (χ4n) is 3.10. The van der Waals surface area contributed by atoms with Crippen LogP contribution in [0.25, 0.3) is 0 Å². The number of hydrogen-bond donors (Lipinski definition) is 0.